The summed E-state index contributed by atoms with van der Waals surface area (Å²) >= 11 is 0. The molecule has 0 amide bonds. The molecule has 0 aliphatic carbocycles. The van der Waals surface area contributed by atoms with Crippen molar-refractivity contribution >= 4 is 10.9 Å². The van der Waals surface area contributed by atoms with Crippen molar-refractivity contribution in [1.82, 2.24) is 9.78 Å². The summed E-state index contributed by atoms with van der Waals surface area (Å²) < 4.78 is 7.20. The molecule has 1 aromatic heterocycles. The van der Waals surface area contributed by atoms with Crippen LogP contribution in [-0.2, 0) is 18.2 Å². The molecule has 18 heavy (non-hydrogen) atoms. The molecule has 0 bridgehead atoms. The van der Waals surface area contributed by atoms with Crippen LogP contribution in [0.3, 0.4) is 0 Å². The second-order valence-corrected chi connectivity index (χ2v) is 4.98. The van der Waals surface area contributed by atoms with Gasteiger partial charge in [0.1, 0.15) is 0 Å². The molecule has 4 nitrogen and oxygen atoms in total. The zero-order valence-corrected chi connectivity index (χ0v) is 10.5. The Morgan fingerprint density at radius 1 is 1.50 bits per heavy atom. The topological polar surface area (TPSA) is 47.3 Å². The largest absolute Gasteiger partial charge is 0.392 e. The number of rotatable bonds is 3. The zero-order valence-electron chi connectivity index (χ0n) is 10.5. The lowest BCUT2D eigenvalue weighted by Crippen LogP contribution is -2.23. The number of aryl methyl sites for hydroxylation is 1. The van der Waals surface area contributed by atoms with Crippen LogP contribution in [0, 0.1) is 5.92 Å². The molecule has 2 heterocycles. The van der Waals surface area contributed by atoms with Crippen LogP contribution in [0.5, 0.6) is 0 Å². The Labute approximate surface area is 106 Å². The molecule has 2 atom stereocenters. The Balaban J connectivity index is 1.86. The lowest BCUT2D eigenvalue weighted by atomic mass is 9.97. The Morgan fingerprint density at radius 3 is 3.11 bits per heavy atom. The van der Waals surface area contributed by atoms with Crippen molar-refractivity contribution < 1.29 is 9.84 Å². The predicted octanol–water partition coefficient (Wildman–Crippen LogP) is 1.51. The number of ether oxygens (including phenoxy) is 1. The van der Waals surface area contributed by atoms with Gasteiger partial charge in [-0.1, -0.05) is 18.2 Å². The summed E-state index contributed by atoms with van der Waals surface area (Å²) in [6, 6.07) is 8.14. The Bertz CT molecular complexity index is 544. The van der Waals surface area contributed by atoms with E-state index in [1.165, 1.54) is 0 Å². The summed E-state index contributed by atoms with van der Waals surface area (Å²) in [6.07, 6.45) is 1.20. The molecule has 0 spiro atoms. The highest BCUT2D eigenvalue weighted by molar-refractivity contribution is 5.81. The van der Waals surface area contributed by atoms with Crippen LogP contribution in [0.4, 0.5) is 0 Å². The van der Waals surface area contributed by atoms with E-state index in [9.17, 15) is 5.11 Å². The van der Waals surface area contributed by atoms with Gasteiger partial charge in [-0.3, -0.25) is 4.68 Å². The minimum absolute atomic E-state index is 0.255. The normalized spacial score (nSPS) is 21.6. The van der Waals surface area contributed by atoms with E-state index in [0.717, 1.165) is 29.6 Å². The number of aliphatic hydroxyl groups excluding tert-OH is 1. The van der Waals surface area contributed by atoms with Crippen LogP contribution in [0.2, 0.25) is 0 Å². The lowest BCUT2D eigenvalue weighted by Gasteiger charge is -2.15. The van der Waals surface area contributed by atoms with Crippen LogP contribution in [0.25, 0.3) is 10.9 Å². The number of hydrogen-bond donors (Lipinski definition) is 1. The van der Waals surface area contributed by atoms with Gasteiger partial charge >= 0.3 is 0 Å². The first-order valence-corrected chi connectivity index (χ1v) is 6.42. The lowest BCUT2D eigenvalue weighted by molar-refractivity contribution is 0.0912. The van der Waals surface area contributed by atoms with Gasteiger partial charge in [0.2, 0.25) is 0 Å². The van der Waals surface area contributed by atoms with E-state index in [0.29, 0.717) is 13.0 Å². The van der Waals surface area contributed by atoms with Gasteiger partial charge in [-0.25, -0.2) is 0 Å². The molecular formula is C14H18N2O2. The molecule has 1 N–H and O–H groups in total. The van der Waals surface area contributed by atoms with Crippen molar-refractivity contribution in [3.05, 3.63) is 30.0 Å². The zero-order chi connectivity index (χ0) is 12.5. The first kappa shape index (κ1) is 11.7. The number of fused-ring (bicyclic) bond motifs is 1. The molecule has 0 saturated carbocycles. The first-order valence-electron chi connectivity index (χ1n) is 6.42. The highest BCUT2D eigenvalue weighted by atomic mass is 16.5. The van der Waals surface area contributed by atoms with Crippen LogP contribution < -0.4 is 0 Å². The number of nitrogens with zero attached hydrogens (tertiary/aromatic N) is 2. The highest BCUT2D eigenvalue weighted by Gasteiger charge is 2.25. The highest BCUT2D eigenvalue weighted by Crippen LogP contribution is 2.23. The summed E-state index contributed by atoms with van der Waals surface area (Å²) in [7, 11) is 1.94. The molecule has 4 heteroatoms. The minimum Gasteiger partial charge on any atom is -0.392 e. The summed E-state index contributed by atoms with van der Waals surface area (Å²) in [5.74, 6) is 0.255. The monoisotopic (exact) mass is 246 g/mol. The van der Waals surface area contributed by atoms with E-state index in [4.69, 9.17) is 4.74 Å². The fourth-order valence-electron chi connectivity index (χ4n) is 2.66. The molecule has 1 fully saturated rings. The van der Waals surface area contributed by atoms with Crippen LogP contribution in [0.1, 0.15) is 12.1 Å². The summed E-state index contributed by atoms with van der Waals surface area (Å²) in [6.45, 7) is 1.44. The smallest absolute Gasteiger partial charge is 0.0729 e. The SMILES string of the molecule is Cn1nc(CC(O)C2CCOC2)c2ccccc21. The van der Waals surface area contributed by atoms with Crippen LogP contribution in [-0.4, -0.2) is 34.2 Å². The Morgan fingerprint density at radius 2 is 2.33 bits per heavy atom. The number of aliphatic hydroxyl groups is 1. The van der Waals surface area contributed by atoms with Gasteiger partial charge in [-0.05, 0) is 12.5 Å². The Hall–Kier alpha value is -1.39. The third-order valence-corrected chi connectivity index (χ3v) is 3.75. The maximum absolute atomic E-state index is 10.2. The fourth-order valence-corrected chi connectivity index (χ4v) is 2.66. The van der Waals surface area contributed by atoms with Crippen molar-refractivity contribution in [3.63, 3.8) is 0 Å². The summed E-state index contributed by atoms with van der Waals surface area (Å²) in [4.78, 5) is 0. The third-order valence-electron chi connectivity index (χ3n) is 3.75. The van der Waals surface area contributed by atoms with Gasteiger partial charge in [0.15, 0.2) is 0 Å². The molecule has 1 aromatic carbocycles. The van der Waals surface area contributed by atoms with E-state index in [1.54, 1.807) is 0 Å². The summed E-state index contributed by atoms with van der Waals surface area (Å²) in [5, 5.41) is 15.9. The van der Waals surface area contributed by atoms with Crippen molar-refractivity contribution in [3.8, 4) is 0 Å². The van der Waals surface area contributed by atoms with Gasteiger partial charge in [0.25, 0.3) is 0 Å². The van der Waals surface area contributed by atoms with E-state index in [-0.39, 0.29) is 12.0 Å². The quantitative estimate of drug-likeness (QED) is 0.893. The van der Waals surface area contributed by atoms with E-state index in [1.807, 2.05) is 23.9 Å². The van der Waals surface area contributed by atoms with Gasteiger partial charge in [0, 0.05) is 31.4 Å². The number of para-hydroxylation sites is 1. The second kappa shape index (κ2) is 4.71. The van der Waals surface area contributed by atoms with E-state index in [2.05, 4.69) is 17.2 Å². The molecule has 2 aromatic rings. The molecule has 1 aliphatic heterocycles. The predicted molar refractivity (Wildman–Crippen MR) is 69.4 cm³/mol. The maximum atomic E-state index is 10.2. The van der Waals surface area contributed by atoms with Crippen molar-refractivity contribution in [1.29, 1.82) is 0 Å². The maximum Gasteiger partial charge on any atom is 0.0729 e. The number of aromatic nitrogens is 2. The molecule has 1 aliphatic rings. The first-order chi connectivity index (χ1) is 8.75. The van der Waals surface area contributed by atoms with E-state index >= 15 is 0 Å². The molecule has 2 unspecified atom stereocenters. The minimum atomic E-state index is -0.356. The second-order valence-electron chi connectivity index (χ2n) is 4.98. The fraction of sp³-hybridized carbons (Fsp3) is 0.500. The summed E-state index contributed by atoms with van der Waals surface area (Å²) in [5.41, 5.74) is 2.09. The number of benzene rings is 1. The third kappa shape index (κ3) is 2.02. The standard InChI is InChI=1S/C14H18N2O2/c1-16-13-5-3-2-4-11(13)12(15-16)8-14(17)10-6-7-18-9-10/h2-5,10,14,17H,6-9H2,1H3. The average molecular weight is 246 g/mol. The van der Waals surface area contributed by atoms with Gasteiger partial charge in [0.05, 0.1) is 23.9 Å². The van der Waals surface area contributed by atoms with E-state index < -0.39 is 0 Å². The molecular weight excluding hydrogens is 228 g/mol. The van der Waals surface area contributed by atoms with Gasteiger partial charge in [-0.2, -0.15) is 5.10 Å². The molecule has 0 radical (unpaired) electrons. The average Bonchev–Trinajstić information content (AvgIpc) is 3.00. The van der Waals surface area contributed by atoms with Gasteiger partial charge in [-0.15, -0.1) is 0 Å². The molecule has 96 valence electrons. The number of hydrogen-bond acceptors (Lipinski definition) is 3. The molecule has 3 rings (SSSR count). The van der Waals surface area contributed by atoms with Crippen LogP contribution >= 0.6 is 0 Å². The van der Waals surface area contributed by atoms with Crippen molar-refractivity contribution in [2.75, 3.05) is 13.2 Å². The molecule has 1 saturated heterocycles. The Kier molecular flexibility index (Phi) is 3.06. The van der Waals surface area contributed by atoms with Crippen molar-refractivity contribution in [2.45, 2.75) is 18.9 Å². The van der Waals surface area contributed by atoms with Gasteiger partial charge < -0.3 is 9.84 Å². The van der Waals surface area contributed by atoms with Crippen LogP contribution in [0.15, 0.2) is 24.3 Å². The van der Waals surface area contributed by atoms with Crippen molar-refractivity contribution in [2.24, 2.45) is 13.0 Å².